The van der Waals surface area contributed by atoms with Gasteiger partial charge in [-0.3, -0.25) is 4.90 Å². The Morgan fingerprint density at radius 2 is 1.94 bits per heavy atom. The molecule has 1 heterocycles. The molecule has 0 fully saturated rings. The smallest absolute Gasteiger partial charge is 0.372 e. The van der Waals surface area contributed by atoms with Gasteiger partial charge in [0.25, 0.3) is 0 Å². The molecule has 6 nitrogen and oxygen atoms in total. The zero-order valence-corrected chi connectivity index (χ0v) is 10.7. The maximum Gasteiger partial charge on any atom is 0.372 e. The molecule has 1 N–H and O–H groups in total. The van der Waals surface area contributed by atoms with E-state index in [-0.39, 0.29) is 5.76 Å². The van der Waals surface area contributed by atoms with E-state index in [2.05, 4.69) is 4.90 Å². The van der Waals surface area contributed by atoms with Gasteiger partial charge in [-0.05, 0) is 6.07 Å². The monoisotopic (exact) mass is 257 g/mol. The van der Waals surface area contributed by atoms with Crippen molar-refractivity contribution in [2.24, 2.45) is 0 Å². The summed E-state index contributed by atoms with van der Waals surface area (Å²) in [5.41, 5.74) is 0.662. The number of nitrogens with zero attached hydrogens (tertiary/aromatic N) is 1. The Morgan fingerprint density at radius 3 is 2.44 bits per heavy atom. The molecule has 18 heavy (non-hydrogen) atoms. The van der Waals surface area contributed by atoms with Gasteiger partial charge >= 0.3 is 5.97 Å². The highest BCUT2D eigenvalue weighted by Gasteiger charge is 2.16. The van der Waals surface area contributed by atoms with Crippen LogP contribution in [0.3, 0.4) is 0 Å². The number of rotatable bonds is 9. The minimum Gasteiger partial charge on any atom is -0.475 e. The van der Waals surface area contributed by atoms with Crippen LogP contribution in [0, 0.1) is 0 Å². The Kier molecular flexibility index (Phi) is 6.42. The van der Waals surface area contributed by atoms with Gasteiger partial charge in [-0.2, -0.15) is 0 Å². The van der Waals surface area contributed by atoms with Crippen LogP contribution in [0.25, 0.3) is 0 Å². The number of methoxy groups -OCH3 is 2. The first-order chi connectivity index (χ1) is 8.69. The molecular formula is C12H19NO5. The van der Waals surface area contributed by atoms with Gasteiger partial charge in [0.05, 0.1) is 19.5 Å². The fourth-order valence-corrected chi connectivity index (χ4v) is 1.60. The van der Waals surface area contributed by atoms with E-state index in [9.17, 15) is 4.79 Å². The van der Waals surface area contributed by atoms with Gasteiger partial charge in [-0.25, -0.2) is 4.79 Å². The van der Waals surface area contributed by atoms with E-state index >= 15 is 0 Å². The molecule has 0 aromatic carbocycles. The number of ether oxygens (including phenoxy) is 2. The molecule has 0 aliphatic rings. The zero-order chi connectivity index (χ0) is 13.4. The van der Waals surface area contributed by atoms with E-state index in [4.69, 9.17) is 19.0 Å². The molecule has 0 aliphatic carbocycles. The quantitative estimate of drug-likeness (QED) is 0.713. The van der Waals surface area contributed by atoms with Crippen LogP contribution in [0.4, 0.5) is 0 Å². The standard InChI is InChI=1S/C12H19NO5/c1-16-7-4-13(5-8-17-2)9-10-3-6-18-11(10)12(14)15/h3,6H,4-5,7-9H2,1-2H3,(H,14,15). The van der Waals surface area contributed by atoms with Crippen LogP contribution in [0.5, 0.6) is 0 Å². The minimum absolute atomic E-state index is 0.00478. The third-order valence-electron chi connectivity index (χ3n) is 2.56. The fraction of sp³-hybridized carbons (Fsp3) is 0.583. The summed E-state index contributed by atoms with van der Waals surface area (Å²) in [4.78, 5) is 13.0. The lowest BCUT2D eigenvalue weighted by Gasteiger charge is -2.21. The molecule has 1 rings (SSSR count). The number of carboxylic acids is 1. The molecule has 0 spiro atoms. The van der Waals surface area contributed by atoms with Crippen LogP contribution in [-0.4, -0.2) is 56.5 Å². The maximum atomic E-state index is 10.9. The van der Waals surface area contributed by atoms with Crippen molar-refractivity contribution in [1.82, 2.24) is 4.90 Å². The first-order valence-corrected chi connectivity index (χ1v) is 5.69. The molecular weight excluding hydrogens is 238 g/mol. The van der Waals surface area contributed by atoms with Crippen LogP contribution in [0.15, 0.2) is 16.7 Å². The van der Waals surface area contributed by atoms with Crippen molar-refractivity contribution in [3.8, 4) is 0 Å². The molecule has 1 aromatic rings. The number of carboxylic acid groups (broad SMARTS) is 1. The van der Waals surface area contributed by atoms with E-state index in [1.54, 1.807) is 20.3 Å². The first-order valence-electron chi connectivity index (χ1n) is 5.69. The highest BCUT2D eigenvalue weighted by Crippen LogP contribution is 2.13. The van der Waals surface area contributed by atoms with E-state index < -0.39 is 5.97 Å². The summed E-state index contributed by atoms with van der Waals surface area (Å²) in [6.45, 7) is 3.10. The average molecular weight is 257 g/mol. The highest BCUT2D eigenvalue weighted by atomic mass is 16.5. The third-order valence-corrected chi connectivity index (χ3v) is 2.56. The van der Waals surface area contributed by atoms with Gasteiger partial charge in [0.2, 0.25) is 5.76 Å². The van der Waals surface area contributed by atoms with Crippen LogP contribution >= 0.6 is 0 Å². The van der Waals surface area contributed by atoms with E-state index in [1.807, 2.05) is 0 Å². The lowest BCUT2D eigenvalue weighted by Crippen LogP contribution is -2.30. The van der Waals surface area contributed by atoms with Crippen LogP contribution in [0.1, 0.15) is 16.1 Å². The van der Waals surface area contributed by atoms with Crippen molar-refractivity contribution >= 4 is 5.97 Å². The topological polar surface area (TPSA) is 72.1 Å². The molecule has 6 heteroatoms. The minimum atomic E-state index is -1.05. The second kappa shape index (κ2) is 7.86. The predicted molar refractivity (Wildman–Crippen MR) is 64.7 cm³/mol. The van der Waals surface area contributed by atoms with Gasteiger partial charge in [0.1, 0.15) is 0 Å². The molecule has 0 amide bonds. The summed E-state index contributed by atoms with van der Waals surface area (Å²) in [5, 5.41) is 8.96. The highest BCUT2D eigenvalue weighted by molar-refractivity contribution is 5.86. The Bertz CT molecular complexity index is 355. The number of aromatic carboxylic acids is 1. The molecule has 0 saturated carbocycles. The van der Waals surface area contributed by atoms with Crippen molar-refractivity contribution in [2.45, 2.75) is 6.54 Å². The van der Waals surface area contributed by atoms with Crippen LogP contribution < -0.4 is 0 Å². The first kappa shape index (κ1) is 14.7. The fourth-order valence-electron chi connectivity index (χ4n) is 1.60. The SMILES string of the molecule is COCCN(CCOC)Cc1ccoc1C(=O)O. The second-order valence-corrected chi connectivity index (χ2v) is 3.84. The Morgan fingerprint density at radius 1 is 1.33 bits per heavy atom. The number of furan rings is 1. The van der Waals surface area contributed by atoms with E-state index in [1.165, 1.54) is 6.26 Å². The molecule has 1 aromatic heterocycles. The van der Waals surface area contributed by atoms with E-state index in [0.717, 1.165) is 0 Å². The van der Waals surface area contributed by atoms with Crippen molar-refractivity contribution in [1.29, 1.82) is 0 Å². The Hall–Kier alpha value is -1.37. The molecule has 0 aliphatic heterocycles. The van der Waals surface area contributed by atoms with Crippen molar-refractivity contribution in [3.63, 3.8) is 0 Å². The molecule has 0 atom stereocenters. The van der Waals surface area contributed by atoms with Gasteiger partial charge in [0, 0.05) is 39.4 Å². The summed E-state index contributed by atoms with van der Waals surface area (Å²) in [6, 6.07) is 1.68. The van der Waals surface area contributed by atoms with Crippen molar-refractivity contribution in [3.05, 3.63) is 23.7 Å². The predicted octanol–water partition coefficient (Wildman–Crippen LogP) is 1.07. The van der Waals surface area contributed by atoms with Crippen LogP contribution in [0.2, 0.25) is 0 Å². The van der Waals surface area contributed by atoms with Crippen LogP contribution in [-0.2, 0) is 16.0 Å². The lowest BCUT2D eigenvalue weighted by molar-refractivity contribution is 0.0657. The molecule has 0 radical (unpaired) electrons. The largest absolute Gasteiger partial charge is 0.475 e. The second-order valence-electron chi connectivity index (χ2n) is 3.84. The van der Waals surface area contributed by atoms with Gasteiger partial charge in [0.15, 0.2) is 0 Å². The summed E-state index contributed by atoms with van der Waals surface area (Å²) in [7, 11) is 3.27. The Balaban J connectivity index is 2.62. The molecule has 0 saturated heterocycles. The summed E-state index contributed by atoms with van der Waals surface area (Å²) in [5.74, 6) is -1.05. The normalized spacial score (nSPS) is 11.1. The maximum absolute atomic E-state index is 10.9. The van der Waals surface area contributed by atoms with E-state index in [0.29, 0.717) is 38.4 Å². The summed E-state index contributed by atoms with van der Waals surface area (Å²) in [6.07, 6.45) is 1.39. The molecule has 0 unspecified atom stereocenters. The molecule has 102 valence electrons. The summed E-state index contributed by atoms with van der Waals surface area (Å²) < 4.78 is 15.0. The Labute approximate surface area is 106 Å². The number of hydrogen-bond donors (Lipinski definition) is 1. The van der Waals surface area contributed by atoms with Crippen molar-refractivity contribution < 1.29 is 23.8 Å². The molecule has 0 bridgehead atoms. The van der Waals surface area contributed by atoms with Crippen molar-refractivity contribution in [2.75, 3.05) is 40.5 Å². The average Bonchev–Trinajstić information content (AvgIpc) is 2.80. The lowest BCUT2D eigenvalue weighted by atomic mass is 10.2. The summed E-state index contributed by atoms with van der Waals surface area (Å²) >= 11 is 0. The third kappa shape index (κ3) is 4.48. The van der Waals surface area contributed by atoms with Gasteiger partial charge < -0.3 is 19.0 Å². The number of hydrogen-bond acceptors (Lipinski definition) is 5. The van der Waals surface area contributed by atoms with Gasteiger partial charge in [-0.1, -0.05) is 0 Å². The zero-order valence-electron chi connectivity index (χ0n) is 10.7. The number of carbonyl (C=O) groups is 1. The van der Waals surface area contributed by atoms with Gasteiger partial charge in [-0.15, -0.1) is 0 Å².